The lowest BCUT2D eigenvalue weighted by Crippen LogP contribution is -2.58. The minimum absolute atomic E-state index is 0.173. The number of morpholine rings is 1. The Morgan fingerprint density at radius 3 is 2.60 bits per heavy atom. The largest absolute Gasteiger partial charge is 0.394 e. The zero-order chi connectivity index (χ0) is 25.2. The molecule has 0 aliphatic carbocycles. The van der Waals surface area contributed by atoms with Crippen molar-refractivity contribution in [3.63, 3.8) is 0 Å². The van der Waals surface area contributed by atoms with E-state index in [9.17, 15) is 19.1 Å². The van der Waals surface area contributed by atoms with Crippen molar-refractivity contribution in [2.45, 2.75) is 39.5 Å². The molecule has 0 spiro atoms. The van der Waals surface area contributed by atoms with Gasteiger partial charge in [0.1, 0.15) is 11.9 Å². The van der Waals surface area contributed by atoms with Crippen LogP contribution in [0.5, 0.6) is 0 Å². The SMILES string of the molecule is CC(C)(C)[C@H](NC(=O)c1nn(Cc2ccc(F)cc2)c2ccccc12)C(=O)N1CCOC(CO)C1. The summed E-state index contributed by atoms with van der Waals surface area (Å²) < 4.78 is 20.5. The van der Waals surface area contributed by atoms with Gasteiger partial charge >= 0.3 is 0 Å². The van der Waals surface area contributed by atoms with Gasteiger partial charge in [0.15, 0.2) is 5.69 Å². The molecule has 1 unspecified atom stereocenters. The lowest BCUT2D eigenvalue weighted by atomic mass is 9.85. The summed E-state index contributed by atoms with van der Waals surface area (Å²) >= 11 is 0. The molecule has 3 aromatic rings. The summed E-state index contributed by atoms with van der Waals surface area (Å²) in [5.41, 5.74) is 1.27. The van der Waals surface area contributed by atoms with E-state index in [0.717, 1.165) is 11.1 Å². The van der Waals surface area contributed by atoms with Crippen LogP contribution in [0, 0.1) is 11.2 Å². The van der Waals surface area contributed by atoms with Crippen LogP contribution in [0.25, 0.3) is 10.9 Å². The fraction of sp³-hybridized carbons (Fsp3) is 0.423. The lowest BCUT2D eigenvalue weighted by molar-refractivity contribution is -0.144. The summed E-state index contributed by atoms with van der Waals surface area (Å²) in [4.78, 5) is 28.5. The van der Waals surface area contributed by atoms with Crippen LogP contribution in [-0.2, 0) is 16.1 Å². The molecule has 0 saturated carbocycles. The second-order valence-electron chi connectivity index (χ2n) is 9.88. The molecule has 2 amide bonds. The molecule has 0 bridgehead atoms. The van der Waals surface area contributed by atoms with E-state index in [4.69, 9.17) is 4.74 Å². The van der Waals surface area contributed by atoms with Crippen LogP contribution in [0.2, 0.25) is 0 Å². The first-order valence-corrected chi connectivity index (χ1v) is 11.7. The van der Waals surface area contributed by atoms with E-state index >= 15 is 0 Å². The van der Waals surface area contributed by atoms with Crippen molar-refractivity contribution >= 4 is 22.7 Å². The number of nitrogens with one attached hydrogen (secondary N) is 1. The second kappa shape index (κ2) is 10.1. The fourth-order valence-electron chi connectivity index (χ4n) is 4.24. The average molecular weight is 483 g/mol. The number of aromatic nitrogens is 2. The summed E-state index contributed by atoms with van der Waals surface area (Å²) in [6.45, 7) is 6.88. The van der Waals surface area contributed by atoms with E-state index < -0.39 is 23.5 Å². The van der Waals surface area contributed by atoms with Crippen LogP contribution in [0.1, 0.15) is 36.8 Å². The van der Waals surface area contributed by atoms with Gasteiger partial charge in [-0.1, -0.05) is 51.1 Å². The molecule has 35 heavy (non-hydrogen) atoms. The molecule has 186 valence electrons. The summed E-state index contributed by atoms with van der Waals surface area (Å²) in [5.74, 6) is -0.982. The van der Waals surface area contributed by atoms with Gasteiger partial charge in [0, 0.05) is 18.5 Å². The number of carbonyl (C=O) groups excluding carboxylic acids is 2. The Kier molecular flexibility index (Phi) is 7.18. The van der Waals surface area contributed by atoms with Crippen molar-refractivity contribution in [1.82, 2.24) is 20.0 Å². The number of amides is 2. The van der Waals surface area contributed by atoms with Gasteiger partial charge in [0.25, 0.3) is 5.91 Å². The smallest absolute Gasteiger partial charge is 0.273 e. The normalized spacial score (nSPS) is 17.4. The zero-order valence-corrected chi connectivity index (χ0v) is 20.2. The maximum Gasteiger partial charge on any atom is 0.273 e. The van der Waals surface area contributed by atoms with Crippen LogP contribution in [0.15, 0.2) is 48.5 Å². The summed E-state index contributed by atoms with van der Waals surface area (Å²) in [5, 5.41) is 17.6. The zero-order valence-electron chi connectivity index (χ0n) is 20.2. The van der Waals surface area contributed by atoms with Crippen molar-refractivity contribution < 1.29 is 23.8 Å². The van der Waals surface area contributed by atoms with E-state index in [2.05, 4.69) is 10.4 Å². The molecule has 2 N–H and O–H groups in total. The Labute approximate surface area is 203 Å². The minimum atomic E-state index is -0.798. The highest BCUT2D eigenvalue weighted by molar-refractivity contribution is 6.06. The Hall–Kier alpha value is -3.30. The first kappa shape index (κ1) is 24.8. The number of aliphatic hydroxyl groups excluding tert-OH is 1. The molecule has 1 saturated heterocycles. The number of nitrogens with zero attached hydrogens (tertiary/aromatic N) is 3. The topological polar surface area (TPSA) is 96.7 Å². The molecule has 2 aromatic carbocycles. The number of benzene rings is 2. The van der Waals surface area contributed by atoms with Gasteiger partial charge in [-0.25, -0.2) is 4.39 Å². The highest BCUT2D eigenvalue weighted by atomic mass is 19.1. The lowest BCUT2D eigenvalue weighted by Gasteiger charge is -2.38. The van der Waals surface area contributed by atoms with Crippen LogP contribution < -0.4 is 5.32 Å². The van der Waals surface area contributed by atoms with E-state index in [-0.39, 0.29) is 30.6 Å². The van der Waals surface area contributed by atoms with Crippen molar-refractivity contribution in [2.24, 2.45) is 5.41 Å². The molecule has 1 aromatic heterocycles. The predicted molar refractivity (Wildman–Crippen MR) is 129 cm³/mol. The number of hydrogen-bond acceptors (Lipinski definition) is 5. The maximum atomic E-state index is 13.5. The van der Waals surface area contributed by atoms with Gasteiger partial charge in [-0.2, -0.15) is 5.10 Å². The van der Waals surface area contributed by atoms with E-state index in [0.29, 0.717) is 25.1 Å². The van der Waals surface area contributed by atoms with E-state index in [1.54, 1.807) is 21.7 Å². The van der Waals surface area contributed by atoms with Gasteiger partial charge < -0.3 is 20.1 Å². The fourth-order valence-corrected chi connectivity index (χ4v) is 4.24. The Balaban J connectivity index is 1.60. The standard InChI is InChI=1S/C26H31FN4O4/c1-26(2,3)23(25(34)30-12-13-35-19(15-30)16-32)28-24(33)22-20-6-4-5-7-21(20)31(29-22)14-17-8-10-18(27)11-9-17/h4-11,19,23,32H,12-16H2,1-3H3,(H,28,33)/t19?,23-/m1/s1. The molecule has 4 rings (SSSR count). The molecule has 2 atom stereocenters. The van der Waals surface area contributed by atoms with Crippen LogP contribution in [-0.4, -0.2) is 70.1 Å². The molecule has 0 radical (unpaired) electrons. The number of rotatable bonds is 6. The number of hydrogen-bond donors (Lipinski definition) is 2. The highest BCUT2D eigenvalue weighted by Crippen LogP contribution is 2.25. The van der Waals surface area contributed by atoms with Gasteiger partial charge in [0.2, 0.25) is 5.91 Å². The molecule has 9 heteroatoms. The number of aliphatic hydroxyl groups is 1. The summed E-state index contributed by atoms with van der Waals surface area (Å²) in [7, 11) is 0. The van der Waals surface area contributed by atoms with Crippen molar-refractivity contribution in [1.29, 1.82) is 0 Å². The predicted octanol–water partition coefficient (Wildman–Crippen LogP) is 2.59. The first-order valence-electron chi connectivity index (χ1n) is 11.7. The van der Waals surface area contributed by atoms with Gasteiger partial charge in [0.05, 0.1) is 31.4 Å². The molecule has 1 aliphatic heterocycles. The van der Waals surface area contributed by atoms with Crippen molar-refractivity contribution in [3.05, 3.63) is 65.6 Å². The summed E-state index contributed by atoms with van der Waals surface area (Å²) in [6.07, 6.45) is -0.435. The third-order valence-electron chi connectivity index (χ3n) is 6.16. The minimum Gasteiger partial charge on any atom is -0.394 e. The molecular formula is C26H31FN4O4. The average Bonchev–Trinajstić information content (AvgIpc) is 3.21. The monoisotopic (exact) mass is 482 g/mol. The summed E-state index contributed by atoms with van der Waals surface area (Å²) in [6, 6.07) is 12.7. The molecule has 2 heterocycles. The Morgan fingerprint density at radius 2 is 1.91 bits per heavy atom. The van der Waals surface area contributed by atoms with Crippen LogP contribution in [0.4, 0.5) is 4.39 Å². The first-order chi connectivity index (χ1) is 16.7. The highest BCUT2D eigenvalue weighted by Gasteiger charge is 2.38. The second-order valence-corrected chi connectivity index (χ2v) is 9.88. The third kappa shape index (κ3) is 5.52. The Bertz CT molecular complexity index is 1200. The van der Waals surface area contributed by atoms with Crippen LogP contribution >= 0.6 is 0 Å². The quantitative estimate of drug-likeness (QED) is 0.563. The van der Waals surface area contributed by atoms with Crippen molar-refractivity contribution in [2.75, 3.05) is 26.3 Å². The number of carbonyl (C=O) groups is 2. The van der Waals surface area contributed by atoms with E-state index in [1.165, 1.54) is 12.1 Å². The maximum absolute atomic E-state index is 13.5. The van der Waals surface area contributed by atoms with Crippen molar-refractivity contribution in [3.8, 4) is 0 Å². The Morgan fingerprint density at radius 1 is 1.20 bits per heavy atom. The number of ether oxygens (including phenoxy) is 1. The number of halogens is 1. The van der Waals surface area contributed by atoms with Crippen LogP contribution in [0.3, 0.4) is 0 Å². The molecule has 1 fully saturated rings. The molecule has 1 aliphatic rings. The molecular weight excluding hydrogens is 451 g/mol. The van der Waals surface area contributed by atoms with E-state index in [1.807, 2.05) is 45.0 Å². The third-order valence-corrected chi connectivity index (χ3v) is 6.16. The molecule has 8 nitrogen and oxygen atoms in total. The number of para-hydroxylation sites is 1. The number of fused-ring (bicyclic) bond motifs is 1. The van der Waals surface area contributed by atoms with Gasteiger partial charge in [-0.05, 0) is 29.2 Å². The van der Waals surface area contributed by atoms with Gasteiger partial charge in [-0.3, -0.25) is 14.3 Å². The van der Waals surface area contributed by atoms with Gasteiger partial charge in [-0.15, -0.1) is 0 Å².